The van der Waals surface area contributed by atoms with Crippen molar-refractivity contribution in [2.75, 3.05) is 18.4 Å². The highest BCUT2D eigenvalue weighted by atomic mass is 16.2. The molecule has 4 heterocycles. The molecule has 0 radical (unpaired) electrons. The third-order valence-corrected chi connectivity index (χ3v) is 7.46. The number of fused-ring (bicyclic) bond motifs is 3. The standard InChI is InChI=1S/C24H33N5O/c30-24(25-20-9-5-2-6-10-20)23-17-28-12-11-19(23)14-22(28)16-29-15-21(26-27-29)13-18-7-3-1-4-8-18/h2,5-6,9-10,15,18-19,22-23H,1,3-4,7-8,11-14,16-17H2,(H,25,30)/t19?,22-,23+/m1/s1. The van der Waals surface area contributed by atoms with Crippen LogP contribution in [0.1, 0.15) is 50.6 Å². The van der Waals surface area contributed by atoms with E-state index in [0.29, 0.717) is 12.0 Å². The van der Waals surface area contributed by atoms with Crippen LogP contribution < -0.4 is 5.32 Å². The van der Waals surface area contributed by atoms with Crippen LogP contribution in [0.5, 0.6) is 0 Å². The van der Waals surface area contributed by atoms with Gasteiger partial charge in [0.15, 0.2) is 0 Å². The summed E-state index contributed by atoms with van der Waals surface area (Å²) in [4.78, 5) is 15.3. The Morgan fingerprint density at radius 2 is 1.93 bits per heavy atom. The molecule has 2 unspecified atom stereocenters. The Kier molecular flexibility index (Phi) is 5.84. The van der Waals surface area contributed by atoms with Gasteiger partial charge in [0.05, 0.1) is 18.2 Å². The molecule has 160 valence electrons. The van der Waals surface area contributed by atoms with E-state index in [1.807, 2.05) is 35.0 Å². The van der Waals surface area contributed by atoms with Crippen molar-refractivity contribution in [3.63, 3.8) is 0 Å². The van der Waals surface area contributed by atoms with Gasteiger partial charge in [0, 0.05) is 24.5 Å². The molecule has 4 fully saturated rings. The van der Waals surface area contributed by atoms with Crippen molar-refractivity contribution in [3.05, 3.63) is 42.2 Å². The first-order chi connectivity index (χ1) is 14.7. The van der Waals surface area contributed by atoms with E-state index in [0.717, 1.165) is 56.2 Å². The van der Waals surface area contributed by atoms with E-state index >= 15 is 0 Å². The SMILES string of the molecule is O=C(Nc1ccccc1)[C@H]1CN2CCC1C[C@@H]2Cn1cc(CC2CCCCC2)nn1. The summed E-state index contributed by atoms with van der Waals surface area (Å²) in [6.45, 7) is 2.84. The van der Waals surface area contributed by atoms with Crippen LogP contribution in [0.15, 0.2) is 36.5 Å². The molecule has 1 amide bonds. The first-order valence-electron chi connectivity index (χ1n) is 11.7. The first kappa shape index (κ1) is 19.7. The minimum absolute atomic E-state index is 0.0906. The zero-order valence-corrected chi connectivity index (χ0v) is 17.7. The van der Waals surface area contributed by atoms with E-state index in [1.54, 1.807) is 0 Å². The first-order valence-corrected chi connectivity index (χ1v) is 11.7. The lowest BCUT2D eigenvalue weighted by Crippen LogP contribution is -2.57. The van der Waals surface area contributed by atoms with Gasteiger partial charge in [0.2, 0.25) is 5.91 Å². The summed E-state index contributed by atoms with van der Waals surface area (Å²) < 4.78 is 2.04. The van der Waals surface area contributed by atoms with Crippen molar-refractivity contribution in [3.8, 4) is 0 Å². The summed E-state index contributed by atoms with van der Waals surface area (Å²) in [7, 11) is 0. The Hall–Kier alpha value is -2.21. The van der Waals surface area contributed by atoms with Gasteiger partial charge in [0.25, 0.3) is 0 Å². The van der Waals surface area contributed by atoms with Gasteiger partial charge in [-0.05, 0) is 49.8 Å². The van der Waals surface area contributed by atoms with Crippen molar-refractivity contribution in [2.24, 2.45) is 17.8 Å². The number of aromatic nitrogens is 3. The van der Waals surface area contributed by atoms with E-state index in [4.69, 9.17) is 0 Å². The number of piperidine rings is 3. The molecule has 1 aromatic heterocycles. The Morgan fingerprint density at radius 3 is 2.70 bits per heavy atom. The van der Waals surface area contributed by atoms with Crippen LogP contribution in [0, 0.1) is 17.8 Å². The van der Waals surface area contributed by atoms with Gasteiger partial charge in [-0.2, -0.15) is 0 Å². The molecule has 1 aliphatic carbocycles. The predicted molar refractivity (Wildman–Crippen MR) is 117 cm³/mol. The topological polar surface area (TPSA) is 63.1 Å². The predicted octanol–water partition coefficient (Wildman–Crippen LogP) is 3.75. The number of amides is 1. The van der Waals surface area contributed by atoms with Gasteiger partial charge in [-0.15, -0.1) is 5.10 Å². The van der Waals surface area contributed by atoms with E-state index in [1.165, 1.54) is 32.1 Å². The molecule has 30 heavy (non-hydrogen) atoms. The van der Waals surface area contributed by atoms with Crippen LogP contribution in [0.25, 0.3) is 0 Å². The second-order valence-corrected chi connectivity index (χ2v) is 9.54. The summed E-state index contributed by atoms with van der Waals surface area (Å²) >= 11 is 0. The van der Waals surface area contributed by atoms with Gasteiger partial charge >= 0.3 is 0 Å². The van der Waals surface area contributed by atoms with Gasteiger partial charge in [-0.1, -0.05) is 55.5 Å². The molecule has 1 saturated carbocycles. The number of hydrogen-bond donors (Lipinski definition) is 1. The molecule has 3 saturated heterocycles. The number of carbonyl (C=O) groups excluding carboxylic acids is 1. The summed E-state index contributed by atoms with van der Waals surface area (Å²) in [6.07, 6.45) is 12.3. The largest absolute Gasteiger partial charge is 0.326 e. The molecule has 2 aromatic rings. The highest BCUT2D eigenvalue weighted by molar-refractivity contribution is 5.93. The highest BCUT2D eigenvalue weighted by Crippen LogP contribution is 2.37. The van der Waals surface area contributed by atoms with Crippen molar-refractivity contribution in [1.29, 1.82) is 0 Å². The zero-order valence-electron chi connectivity index (χ0n) is 17.7. The lowest BCUT2D eigenvalue weighted by molar-refractivity contribution is -0.127. The van der Waals surface area contributed by atoms with E-state index in [2.05, 4.69) is 26.7 Å². The van der Waals surface area contributed by atoms with Crippen LogP contribution in [0.4, 0.5) is 5.69 Å². The summed E-state index contributed by atoms with van der Waals surface area (Å²) in [6, 6.07) is 10.3. The molecular weight excluding hydrogens is 374 g/mol. The van der Waals surface area contributed by atoms with Gasteiger partial charge in [0.1, 0.15) is 0 Å². The molecule has 1 aromatic carbocycles. The fraction of sp³-hybridized carbons (Fsp3) is 0.625. The summed E-state index contributed by atoms with van der Waals surface area (Å²) in [5.74, 6) is 1.52. The maximum atomic E-state index is 12.8. The molecule has 3 aliphatic heterocycles. The smallest absolute Gasteiger partial charge is 0.229 e. The Morgan fingerprint density at radius 1 is 1.10 bits per heavy atom. The fourth-order valence-electron chi connectivity index (χ4n) is 5.81. The molecule has 6 nitrogen and oxygen atoms in total. The van der Waals surface area contributed by atoms with Crippen molar-refractivity contribution < 1.29 is 4.79 Å². The minimum Gasteiger partial charge on any atom is -0.326 e. The number of nitrogens with zero attached hydrogens (tertiary/aromatic N) is 4. The average molecular weight is 408 g/mol. The number of para-hydroxylation sites is 1. The van der Waals surface area contributed by atoms with Gasteiger partial charge in [-0.25, -0.2) is 0 Å². The molecule has 4 aliphatic rings. The van der Waals surface area contributed by atoms with Crippen LogP contribution in [-0.4, -0.2) is 44.9 Å². The second-order valence-electron chi connectivity index (χ2n) is 9.54. The van der Waals surface area contributed by atoms with E-state index < -0.39 is 0 Å². The van der Waals surface area contributed by atoms with E-state index in [-0.39, 0.29) is 11.8 Å². The zero-order chi connectivity index (χ0) is 20.3. The average Bonchev–Trinajstić information content (AvgIpc) is 3.22. The summed E-state index contributed by atoms with van der Waals surface area (Å²) in [5.41, 5.74) is 2.04. The highest BCUT2D eigenvalue weighted by Gasteiger charge is 2.43. The van der Waals surface area contributed by atoms with Gasteiger partial charge in [-0.3, -0.25) is 14.4 Å². The molecule has 6 rings (SSSR count). The van der Waals surface area contributed by atoms with Crippen LogP contribution in [-0.2, 0) is 17.8 Å². The van der Waals surface area contributed by atoms with E-state index in [9.17, 15) is 4.79 Å². The molecule has 2 bridgehead atoms. The molecule has 1 N–H and O–H groups in total. The number of benzene rings is 1. The van der Waals surface area contributed by atoms with Crippen molar-refractivity contribution in [2.45, 2.75) is 64.0 Å². The quantitative estimate of drug-likeness (QED) is 0.792. The number of anilines is 1. The molecule has 4 atom stereocenters. The normalized spacial score (nSPS) is 29.1. The van der Waals surface area contributed by atoms with Crippen LogP contribution in [0.3, 0.4) is 0 Å². The second kappa shape index (κ2) is 8.88. The minimum atomic E-state index is 0.0906. The lowest BCUT2D eigenvalue weighted by atomic mass is 9.75. The molecule has 6 heteroatoms. The third-order valence-electron chi connectivity index (χ3n) is 7.46. The summed E-state index contributed by atoms with van der Waals surface area (Å²) in [5, 5.41) is 12.0. The third kappa shape index (κ3) is 4.43. The Bertz CT molecular complexity index is 844. The number of nitrogens with one attached hydrogen (secondary N) is 1. The maximum Gasteiger partial charge on any atom is 0.229 e. The van der Waals surface area contributed by atoms with Gasteiger partial charge < -0.3 is 5.32 Å². The number of carbonyl (C=O) groups is 1. The lowest BCUT2D eigenvalue weighted by Gasteiger charge is -2.49. The Balaban J connectivity index is 1.16. The Labute approximate surface area is 179 Å². The fourth-order valence-corrected chi connectivity index (χ4v) is 5.81. The number of hydrogen-bond acceptors (Lipinski definition) is 4. The van der Waals surface area contributed by atoms with Crippen LogP contribution in [0.2, 0.25) is 0 Å². The monoisotopic (exact) mass is 407 g/mol. The molecular formula is C24H33N5O. The maximum absolute atomic E-state index is 12.8. The number of rotatable bonds is 6. The molecule has 0 spiro atoms. The van der Waals surface area contributed by atoms with Crippen molar-refractivity contribution >= 4 is 11.6 Å². The van der Waals surface area contributed by atoms with Crippen LogP contribution >= 0.6 is 0 Å². The van der Waals surface area contributed by atoms with Crippen molar-refractivity contribution in [1.82, 2.24) is 19.9 Å².